The zero-order chi connectivity index (χ0) is 28.2. The summed E-state index contributed by atoms with van der Waals surface area (Å²) in [4.78, 5) is 38.1. The lowest BCUT2D eigenvalue weighted by Gasteiger charge is -2.12. The predicted molar refractivity (Wildman–Crippen MR) is 150 cm³/mol. The number of halogens is 1. The molecule has 0 saturated heterocycles. The van der Waals surface area contributed by atoms with Crippen LogP contribution in [0, 0.1) is 12.7 Å². The van der Waals surface area contributed by atoms with E-state index >= 15 is 4.39 Å². The summed E-state index contributed by atoms with van der Waals surface area (Å²) in [6.07, 6.45) is 0.646. The van der Waals surface area contributed by atoms with E-state index in [2.05, 4.69) is 20.6 Å². The van der Waals surface area contributed by atoms with Gasteiger partial charge in [0.25, 0.3) is 5.91 Å². The number of rotatable bonds is 5. The Kier molecular flexibility index (Phi) is 5.93. The zero-order valence-electron chi connectivity index (χ0n) is 21.9. The summed E-state index contributed by atoms with van der Waals surface area (Å²) in [7, 11) is 1.54. The van der Waals surface area contributed by atoms with E-state index in [-0.39, 0.29) is 18.3 Å². The lowest BCUT2D eigenvalue weighted by Crippen LogP contribution is -2.25. The van der Waals surface area contributed by atoms with Gasteiger partial charge in [0.15, 0.2) is 11.6 Å². The molecule has 1 atom stereocenters. The Morgan fingerprint density at radius 2 is 2.07 bits per heavy atom. The third-order valence-corrected chi connectivity index (χ3v) is 8.21. The molecule has 0 aliphatic carbocycles. The van der Waals surface area contributed by atoms with Crippen molar-refractivity contribution in [3.8, 4) is 22.2 Å². The average molecular weight is 572 g/mol. The van der Waals surface area contributed by atoms with E-state index in [9.17, 15) is 9.59 Å². The van der Waals surface area contributed by atoms with Gasteiger partial charge in [-0.2, -0.15) is 0 Å². The maximum Gasteiger partial charge on any atom is 0.411 e. The van der Waals surface area contributed by atoms with Crippen LogP contribution in [-0.2, 0) is 17.7 Å². The number of ether oxygens (including phenoxy) is 3. The van der Waals surface area contributed by atoms with Crippen molar-refractivity contribution < 1.29 is 28.2 Å². The first kappa shape index (κ1) is 25.1. The van der Waals surface area contributed by atoms with Crippen molar-refractivity contribution in [2.45, 2.75) is 26.0 Å². The zero-order valence-corrected chi connectivity index (χ0v) is 22.7. The van der Waals surface area contributed by atoms with Crippen molar-refractivity contribution in [2.75, 3.05) is 19.0 Å². The Balaban J connectivity index is 1.11. The molecule has 2 aliphatic heterocycles. The molecule has 0 radical (unpaired) electrons. The molecule has 206 valence electrons. The van der Waals surface area contributed by atoms with Crippen molar-refractivity contribution in [3.63, 3.8) is 0 Å². The number of benzene rings is 3. The number of nitrogens with one attached hydrogen (secondary N) is 2. The maximum absolute atomic E-state index is 15.1. The smallest absolute Gasteiger partial charge is 0.411 e. The normalized spacial score (nSPS) is 15.4. The highest BCUT2D eigenvalue weighted by atomic mass is 32.1. The highest BCUT2D eigenvalue weighted by molar-refractivity contribution is 7.22. The first-order valence-electron chi connectivity index (χ1n) is 12.8. The fourth-order valence-electron chi connectivity index (χ4n) is 5.16. The number of carbonyl (C=O) groups excluding carboxylic acids is 2. The van der Waals surface area contributed by atoms with Crippen LogP contribution in [0.3, 0.4) is 0 Å². The molecule has 41 heavy (non-hydrogen) atoms. The summed E-state index contributed by atoms with van der Waals surface area (Å²) in [5.41, 5.74) is 6.16. The summed E-state index contributed by atoms with van der Waals surface area (Å²) in [6, 6.07) is 10.4. The number of anilines is 1. The van der Waals surface area contributed by atoms with Crippen LogP contribution in [0.5, 0.6) is 11.6 Å². The quantitative estimate of drug-likeness (QED) is 0.297. The minimum absolute atomic E-state index is 0.0848. The number of hydrogen-bond acceptors (Lipinski definition) is 9. The third kappa shape index (κ3) is 4.45. The molecule has 2 aliphatic rings. The summed E-state index contributed by atoms with van der Waals surface area (Å²) in [6.45, 7) is 2.34. The molecule has 0 spiro atoms. The molecular formula is C29H22FN5O5S. The van der Waals surface area contributed by atoms with Crippen molar-refractivity contribution >= 4 is 50.3 Å². The van der Waals surface area contributed by atoms with Gasteiger partial charge in [-0.25, -0.2) is 24.1 Å². The molecule has 2 aromatic heterocycles. The maximum atomic E-state index is 15.1. The molecule has 4 heterocycles. The fourth-order valence-corrected chi connectivity index (χ4v) is 6.27. The molecule has 0 bridgehead atoms. The first-order valence-corrected chi connectivity index (χ1v) is 13.6. The van der Waals surface area contributed by atoms with E-state index in [4.69, 9.17) is 19.2 Å². The van der Waals surface area contributed by atoms with Crippen LogP contribution < -0.4 is 20.1 Å². The van der Waals surface area contributed by atoms with Crippen LogP contribution in [0.25, 0.3) is 31.8 Å². The highest BCUT2D eigenvalue weighted by Gasteiger charge is 2.31. The van der Waals surface area contributed by atoms with E-state index in [0.29, 0.717) is 57.2 Å². The number of nitrogens with zero attached hydrogens (tertiary/aromatic N) is 3. The SMILES string of the molecule is COc1cnc2c(-c3nc4cc(F)c5c(c4s3)C[C@H](COC(=O)Nc3ccc4c(c3)C(=O)NC4)O5)cc(C)cc2n1. The number of hydrogen-bond donors (Lipinski definition) is 2. The first-order chi connectivity index (χ1) is 19.9. The second-order valence-electron chi connectivity index (χ2n) is 9.85. The van der Waals surface area contributed by atoms with Gasteiger partial charge in [-0.15, -0.1) is 11.3 Å². The summed E-state index contributed by atoms with van der Waals surface area (Å²) in [5.74, 6) is -0.147. The van der Waals surface area contributed by atoms with Gasteiger partial charge in [0.2, 0.25) is 5.88 Å². The van der Waals surface area contributed by atoms with E-state index in [0.717, 1.165) is 21.4 Å². The van der Waals surface area contributed by atoms with Gasteiger partial charge in [-0.3, -0.25) is 10.1 Å². The predicted octanol–water partition coefficient (Wildman–Crippen LogP) is 5.16. The Morgan fingerprint density at radius 1 is 1.20 bits per heavy atom. The number of methoxy groups -OCH3 is 1. The van der Waals surface area contributed by atoms with Gasteiger partial charge in [0.05, 0.1) is 34.6 Å². The Labute approximate surface area is 236 Å². The molecule has 0 unspecified atom stereocenters. The number of carbonyl (C=O) groups is 2. The van der Waals surface area contributed by atoms with Gasteiger partial charge in [0, 0.05) is 41.4 Å². The van der Waals surface area contributed by atoms with Crippen LogP contribution in [0.15, 0.2) is 42.6 Å². The monoisotopic (exact) mass is 571 g/mol. The third-order valence-electron chi connectivity index (χ3n) is 7.05. The summed E-state index contributed by atoms with van der Waals surface area (Å²) < 4.78 is 32.3. The topological polar surface area (TPSA) is 125 Å². The van der Waals surface area contributed by atoms with Crippen LogP contribution >= 0.6 is 11.3 Å². The summed E-state index contributed by atoms with van der Waals surface area (Å²) in [5, 5.41) is 6.05. The molecule has 0 fully saturated rings. The van der Waals surface area contributed by atoms with E-state index in [1.165, 1.54) is 24.5 Å². The molecule has 10 nitrogen and oxygen atoms in total. The largest absolute Gasteiger partial charge is 0.483 e. The van der Waals surface area contributed by atoms with E-state index in [1.807, 2.05) is 19.1 Å². The van der Waals surface area contributed by atoms with Crippen molar-refractivity contribution in [1.82, 2.24) is 20.3 Å². The Hall–Kier alpha value is -4.84. The molecule has 2 N–H and O–H groups in total. The van der Waals surface area contributed by atoms with Crippen LogP contribution in [0.4, 0.5) is 14.9 Å². The van der Waals surface area contributed by atoms with E-state index in [1.54, 1.807) is 24.4 Å². The fraction of sp³-hybridized carbons (Fsp3) is 0.207. The van der Waals surface area contributed by atoms with Crippen molar-refractivity contribution in [2.24, 2.45) is 0 Å². The van der Waals surface area contributed by atoms with Gasteiger partial charge in [-0.05, 0) is 42.3 Å². The number of thiazole rings is 1. The van der Waals surface area contributed by atoms with Crippen LogP contribution in [0.2, 0.25) is 0 Å². The number of fused-ring (bicyclic) bond motifs is 5. The minimum Gasteiger partial charge on any atom is -0.483 e. The Morgan fingerprint density at radius 3 is 2.93 bits per heavy atom. The Bertz CT molecular complexity index is 1910. The number of amides is 2. The van der Waals surface area contributed by atoms with Gasteiger partial charge < -0.3 is 19.5 Å². The average Bonchev–Trinajstić information content (AvgIpc) is 3.68. The second kappa shape index (κ2) is 9.66. The molecule has 5 aromatic rings. The minimum atomic E-state index is -0.697. The standard InChI is InChI=1S/C29H22FN5O5S/c1-13-5-18(24-21(6-13)34-23(38-2)11-31-24)28-35-22-9-20(30)25-19(26(22)41-28)8-16(40-25)12-39-29(37)33-15-4-3-14-10-32-27(36)17(14)7-15/h3-7,9,11,16H,8,10,12H2,1-2H3,(H,32,36)(H,33,37)/t16-/m1/s1. The van der Waals surface area contributed by atoms with Gasteiger partial charge >= 0.3 is 6.09 Å². The van der Waals surface area contributed by atoms with E-state index < -0.39 is 18.0 Å². The highest BCUT2D eigenvalue weighted by Crippen LogP contribution is 2.43. The van der Waals surface area contributed by atoms with Crippen LogP contribution in [0.1, 0.15) is 27.0 Å². The molecule has 0 saturated carbocycles. The van der Waals surface area contributed by atoms with Gasteiger partial charge in [-0.1, -0.05) is 6.07 Å². The van der Waals surface area contributed by atoms with Crippen molar-refractivity contribution in [3.05, 3.63) is 70.7 Å². The number of aryl methyl sites for hydroxylation is 1. The van der Waals surface area contributed by atoms with Crippen LogP contribution in [-0.4, -0.2) is 46.8 Å². The summed E-state index contributed by atoms with van der Waals surface area (Å²) >= 11 is 1.43. The van der Waals surface area contributed by atoms with Gasteiger partial charge in [0.1, 0.15) is 17.7 Å². The lowest BCUT2D eigenvalue weighted by atomic mass is 10.1. The second-order valence-corrected chi connectivity index (χ2v) is 10.8. The lowest BCUT2D eigenvalue weighted by molar-refractivity contribution is 0.0964. The number of aromatic nitrogens is 3. The van der Waals surface area contributed by atoms with Crippen molar-refractivity contribution in [1.29, 1.82) is 0 Å². The molecule has 2 amide bonds. The molecular weight excluding hydrogens is 549 g/mol. The molecule has 3 aromatic carbocycles. The molecule has 7 rings (SSSR count). The molecule has 12 heteroatoms.